The summed E-state index contributed by atoms with van der Waals surface area (Å²) in [6.07, 6.45) is 3.79. The lowest BCUT2D eigenvalue weighted by atomic mass is 9.80. The molecule has 0 aromatic rings. The molecule has 1 nitrogen and oxygen atoms in total. The van der Waals surface area contributed by atoms with E-state index in [0.29, 0.717) is 5.54 Å². The highest BCUT2D eigenvalue weighted by Crippen LogP contribution is 2.25. The van der Waals surface area contributed by atoms with Crippen LogP contribution in [0.15, 0.2) is 0 Å². The zero-order chi connectivity index (χ0) is 8.91. The Morgan fingerprint density at radius 3 is 1.91 bits per heavy atom. The Balaban J connectivity index is 4.20. The van der Waals surface area contributed by atoms with E-state index in [9.17, 15) is 0 Å². The van der Waals surface area contributed by atoms with Crippen LogP contribution in [-0.4, -0.2) is 12.6 Å². The first-order valence-electron chi connectivity index (χ1n) is 4.81. The van der Waals surface area contributed by atoms with E-state index in [4.69, 9.17) is 0 Å². The van der Waals surface area contributed by atoms with Gasteiger partial charge in [0.25, 0.3) is 0 Å². The van der Waals surface area contributed by atoms with Crippen molar-refractivity contribution in [2.24, 2.45) is 5.92 Å². The third-order valence-corrected chi connectivity index (χ3v) is 2.93. The molecule has 0 rings (SSSR count). The van der Waals surface area contributed by atoms with Gasteiger partial charge in [0.05, 0.1) is 0 Å². The largest absolute Gasteiger partial charge is 0.314 e. The van der Waals surface area contributed by atoms with Crippen molar-refractivity contribution < 1.29 is 0 Å². The molecule has 1 unspecified atom stereocenters. The average molecular weight is 157 g/mol. The third-order valence-electron chi connectivity index (χ3n) is 2.93. The second-order valence-corrected chi connectivity index (χ2v) is 3.66. The lowest BCUT2D eigenvalue weighted by Gasteiger charge is -2.36. The number of hydrogen-bond donors (Lipinski definition) is 1. The van der Waals surface area contributed by atoms with E-state index >= 15 is 0 Å². The zero-order valence-corrected chi connectivity index (χ0v) is 8.70. The highest BCUT2D eigenvalue weighted by Gasteiger charge is 2.28. The van der Waals surface area contributed by atoms with E-state index < -0.39 is 0 Å². The Hall–Kier alpha value is -0.0400. The molecule has 1 atom stereocenters. The highest BCUT2D eigenvalue weighted by molar-refractivity contribution is 4.87. The minimum Gasteiger partial charge on any atom is -0.314 e. The Morgan fingerprint density at radius 2 is 1.82 bits per heavy atom. The summed E-state index contributed by atoms with van der Waals surface area (Å²) in [5.74, 6) is 0.734. The van der Waals surface area contributed by atoms with Crippen molar-refractivity contribution in [1.82, 2.24) is 5.32 Å². The molecule has 1 heteroatoms. The van der Waals surface area contributed by atoms with Crippen molar-refractivity contribution in [3.63, 3.8) is 0 Å². The highest BCUT2D eigenvalue weighted by atomic mass is 14.9. The van der Waals surface area contributed by atoms with Crippen LogP contribution in [0.5, 0.6) is 0 Å². The zero-order valence-electron chi connectivity index (χ0n) is 8.70. The van der Waals surface area contributed by atoms with Gasteiger partial charge in [-0.2, -0.15) is 0 Å². The van der Waals surface area contributed by atoms with Crippen molar-refractivity contribution >= 4 is 0 Å². The predicted octanol–water partition coefficient (Wildman–Crippen LogP) is 2.81. The summed E-state index contributed by atoms with van der Waals surface area (Å²) < 4.78 is 0. The fourth-order valence-corrected chi connectivity index (χ4v) is 1.91. The fraction of sp³-hybridized carbons (Fsp3) is 1.00. The third kappa shape index (κ3) is 2.48. The van der Waals surface area contributed by atoms with Crippen LogP contribution in [0.1, 0.15) is 47.0 Å². The van der Waals surface area contributed by atoms with Crippen LogP contribution in [0.4, 0.5) is 0 Å². The van der Waals surface area contributed by atoms with E-state index in [1.165, 1.54) is 19.3 Å². The molecule has 68 valence electrons. The van der Waals surface area contributed by atoms with E-state index in [2.05, 4.69) is 40.1 Å². The molecule has 0 spiro atoms. The monoisotopic (exact) mass is 157 g/mol. The molecule has 0 amide bonds. The molecule has 0 aliphatic rings. The summed E-state index contributed by atoms with van der Waals surface area (Å²) in [5.41, 5.74) is 0.384. The van der Waals surface area contributed by atoms with Gasteiger partial charge < -0.3 is 5.32 Å². The van der Waals surface area contributed by atoms with Crippen molar-refractivity contribution in [2.75, 3.05) is 7.05 Å². The number of hydrogen-bond acceptors (Lipinski definition) is 1. The summed E-state index contributed by atoms with van der Waals surface area (Å²) in [6, 6.07) is 0. The first-order chi connectivity index (χ1) is 5.13. The average Bonchev–Trinajstić information content (AvgIpc) is 2.00. The van der Waals surface area contributed by atoms with Crippen molar-refractivity contribution in [1.29, 1.82) is 0 Å². The molecule has 0 saturated heterocycles. The molecule has 0 aromatic carbocycles. The summed E-state index contributed by atoms with van der Waals surface area (Å²) >= 11 is 0. The van der Waals surface area contributed by atoms with Gasteiger partial charge in [-0.15, -0.1) is 0 Å². The second-order valence-electron chi connectivity index (χ2n) is 3.66. The molecule has 0 aliphatic heterocycles. The minimum absolute atomic E-state index is 0.384. The van der Waals surface area contributed by atoms with Gasteiger partial charge in [-0.1, -0.05) is 34.1 Å². The molecule has 0 aliphatic carbocycles. The molecule has 0 radical (unpaired) electrons. The van der Waals surface area contributed by atoms with Gasteiger partial charge in [-0.25, -0.2) is 0 Å². The Bertz CT molecular complexity index is 93.0. The summed E-state index contributed by atoms with van der Waals surface area (Å²) in [4.78, 5) is 0. The number of nitrogens with one attached hydrogen (secondary N) is 1. The predicted molar refractivity (Wildman–Crippen MR) is 51.8 cm³/mol. The van der Waals surface area contributed by atoms with E-state index in [1.807, 2.05) is 0 Å². The maximum atomic E-state index is 3.47. The summed E-state index contributed by atoms with van der Waals surface area (Å²) in [6.45, 7) is 9.13. The van der Waals surface area contributed by atoms with Crippen molar-refractivity contribution in [3.8, 4) is 0 Å². The lowest BCUT2D eigenvalue weighted by Crippen LogP contribution is -2.46. The summed E-state index contributed by atoms with van der Waals surface area (Å²) in [7, 11) is 2.08. The summed E-state index contributed by atoms with van der Waals surface area (Å²) in [5, 5.41) is 3.47. The maximum absolute atomic E-state index is 3.47. The van der Waals surface area contributed by atoms with Gasteiger partial charge in [0, 0.05) is 5.54 Å². The molecule has 0 aromatic heterocycles. The van der Waals surface area contributed by atoms with Crippen LogP contribution < -0.4 is 5.32 Å². The molecular formula is C10H23N. The van der Waals surface area contributed by atoms with Crippen LogP contribution >= 0.6 is 0 Å². The van der Waals surface area contributed by atoms with Crippen LogP contribution in [0, 0.1) is 5.92 Å². The normalized spacial score (nSPS) is 16.9. The number of rotatable bonds is 5. The van der Waals surface area contributed by atoms with Gasteiger partial charge in [0.15, 0.2) is 0 Å². The smallest absolute Gasteiger partial charge is 0.0198 e. The van der Waals surface area contributed by atoms with Gasteiger partial charge in [-0.05, 0) is 25.8 Å². The van der Waals surface area contributed by atoms with E-state index in [0.717, 1.165) is 5.92 Å². The Kier molecular flexibility index (Phi) is 4.74. The van der Waals surface area contributed by atoms with Gasteiger partial charge in [0.2, 0.25) is 0 Å². The molecule has 0 saturated carbocycles. The molecule has 0 bridgehead atoms. The maximum Gasteiger partial charge on any atom is 0.0198 e. The van der Waals surface area contributed by atoms with Crippen LogP contribution in [-0.2, 0) is 0 Å². The van der Waals surface area contributed by atoms with Crippen molar-refractivity contribution in [2.45, 2.75) is 52.5 Å². The minimum atomic E-state index is 0.384. The fourth-order valence-electron chi connectivity index (χ4n) is 1.91. The molecule has 0 fully saturated rings. The lowest BCUT2D eigenvalue weighted by molar-refractivity contribution is 0.223. The second kappa shape index (κ2) is 4.76. The van der Waals surface area contributed by atoms with Gasteiger partial charge in [0.1, 0.15) is 0 Å². The standard InChI is InChI=1S/C10H23N/c1-6-8-10(7-2,11-5)9(3)4/h9,11H,6-8H2,1-5H3. The molecule has 1 N–H and O–H groups in total. The first kappa shape index (κ1) is 11.0. The van der Waals surface area contributed by atoms with Gasteiger partial charge >= 0.3 is 0 Å². The van der Waals surface area contributed by atoms with Crippen molar-refractivity contribution in [3.05, 3.63) is 0 Å². The van der Waals surface area contributed by atoms with Crippen LogP contribution in [0.25, 0.3) is 0 Å². The quantitative estimate of drug-likeness (QED) is 0.647. The Labute approximate surface area is 71.6 Å². The van der Waals surface area contributed by atoms with Crippen LogP contribution in [0.3, 0.4) is 0 Å². The topological polar surface area (TPSA) is 12.0 Å². The molecular weight excluding hydrogens is 134 g/mol. The van der Waals surface area contributed by atoms with Crippen LogP contribution in [0.2, 0.25) is 0 Å². The molecule has 0 heterocycles. The van der Waals surface area contributed by atoms with E-state index in [-0.39, 0.29) is 0 Å². The van der Waals surface area contributed by atoms with Gasteiger partial charge in [-0.3, -0.25) is 0 Å². The van der Waals surface area contributed by atoms with E-state index in [1.54, 1.807) is 0 Å². The Morgan fingerprint density at radius 1 is 1.27 bits per heavy atom. The first-order valence-corrected chi connectivity index (χ1v) is 4.81. The molecule has 11 heavy (non-hydrogen) atoms. The SMILES string of the molecule is CCCC(CC)(NC)C(C)C.